The Morgan fingerprint density at radius 2 is 1.92 bits per heavy atom. The van der Waals surface area contributed by atoms with Gasteiger partial charge in [-0.25, -0.2) is 4.79 Å². The van der Waals surface area contributed by atoms with E-state index >= 15 is 0 Å². The topological polar surface area (TPSA) is 49.8 Å². The zero-order chi connectivity index (χ0) is 8.82. The second-order valence-electron chi connectivity index (χ2n) is 4.00. The van der Waals surface area contributed by atoms with Crippen molar-refractivity contribution in [2.45, 2.75) is 50.2 Å². The first-order valence-corrected chi connectivity index (χ1v) is 4.54. The molecule has 2 rings (SSSR count). The number of hydrogen-bond acceptors (Lipinski definition) is 2. The minimum absolute atomic E-state index is 0.295. The lowest BCUT2D eigenvalue weighted by Crippen LogP contribution is -2.32. The maximum atomic E-state index is 10.8. The highest BCUT2D eigenvalue weighted by Crippen LogP contribution is 2.56. The summed E-state index contributed by atoms with van der Waals surface area (Å²) < 4.78 is 5.39. The van der Waals surface area contributed by atoms with E-state index in [4.69, 9.17) is 9.84 Å². The van der Waals surface area contributed by atoms with E-state index in [1.807, 2.05) is 0 Å². The first-order chi connectivity index (χ1) is 5.61. The largest absolute Gasteiger partial charge is 0.479 e. The Morgan fingerprint density at radius 3 is 2.33 bits per heavy atom. The minimum Gasteiger partial charge on any atom is -0.479 e. The predicted molar refractivity (Wildman–Crippen MR) is 42.9 cm³/mol. The van der Waals surface area contributed by atoms with Gasteiger partial charge in [0.1, 0.15) is 5.60 Å². The number of aliphatic carboxylic acids is 1. The van der Waals surface area contributed by atoms with Crippen LogP contribution in [0.3, 0.4) is 0 Å². The number of carboxylic acids is 1. The molecule has 1 aliphatic heterocycles. The summed E-state index contributed by atoms with van der Waals surface area (Å²) in [5.41, 5.74) is -1.16. The van der Waals surface area contributed by atoms with Crippen LogP contribution in [0.15, 0.2) is 0 Å². The van der Waals surface area contributed by atoms with Gasteiger partial charge in [-0.1, -0.05) is 19.3 Å². The zero-order valence-corrected chi connectivity index (χ0v) is 7.30. The molecule has 1 saturated carbocycles. The molecule has 0 bridgehead atoms. The molecular formula is C9H14O3. The van der Waals surface area contributed by atoms with Crippen LogP contribution < -0.4 is 0 Å². The molecule has 12 heavy (non-hydrogen) atoms. The lowest BCUT2D eigenvalue weighted by atomic mass is 9.81. The highest BCUT2D eigenvalue weighted by Gasteiger charge is 2.71. The van der Waals surface area contributed by atoms with Crippen LogP contribution in [-0.4, -0.2) is 22.3 Å². The molecule has 2 fully saturated rings. The first-order valence-electron chi connectivity index (χ1n) is 4.54. The molecule has 0 aromatic carbocycles. The average molecular weight is 170 g/mol. The number of rotatable bonds is 1. The van der Waals surface area contributed by atoms with Crippen molar-refractivity contribution in [2.75, 3.05) is 0 Å². The van der Waals surface area contributed by atoms with Crippen molar-refractivity contribution in [3.8, 4) is 0 Å². The molecule has 1 N–H and O–H groups in total. The number of carboxylic acid groups (broad SMARTS) is 1. The van der Waals surface area contributed by atoms with Gasteiger partial charge in [0.25, 0.3) is 0 Å². The molecule has 0 radical (unpaired) electrons. The minimum atomic E-state index is -0.868. The fourth-order valence-electron chi connectivity index (χ4n) is 2.31. The van der Waals surface area contributed by atoms with E-state index in [1.54, 1.807) is 6.92 Å². The summed E-state index contributed by atoms with van der Waals surface area (Å²) in [6.07, 6.45) is 5.30. The molecule has 1 saturated heterocycles. The Morgan fingerprint density at radius 1 is 1.33 bits per heavy atom. The van der Waals surface area contributed by atoms with Crippen molar-refractivity contribution >= 4 is 5.97 Å². The van der Waals surface area contributed by atoms with Crippen molar-refractivity contribution in [1.82, 2.24) is 0 Å². The van der Waals surface area contributed by atoms with Gasteiger partial charge in [0, 0.05) is 0 Å². The fourth-order valence-corrected chi connectivity index (χ4v) is 2.31. The van der Waals surface area contributed by atoms with E-state index in [1.165, 1.54) is 6.42 Å². The SMILES string of the molecule is C[C@]1(C(=O)O)OC12CCCCC2. The van der Waals surface area contributed by atoms with E-state index in [2.05, 4.69) is 0 Å². The van der Waals surface area contributed by atoms with Crippen LogP contribution in [0, 0.1) is 0 Å². The Kier molecular flexibility index (Phi) is 1.49. The summed E-state index contributed by atoms with van der Waals surface area (Å²) >= 11 is 0. The molecule has 0 aromatic heterocycles. The van der Waals surface area contributed by atoms with Crippen molar-refractivity contribution in [3.63, 3.8) is 0 Å². The van der Waals surface area contributed by atoms with E-state index in [0.29, 0.717) is 0 Å². The fraction of sp³-hybridized carbons (Fsp3) is 0.889. The number of epoxide rings is 1. The van der Waals surface area contributed by atoms with Gasteiger partial charge in [0.05, 0.1) is 0 Å². The lowest BCUT2D eigenvalue weighted by molar-refractivity contribution is -0.142. The molecule has 1 atom stereocenters. The molecule has 2 aliphatic rings. The second kappa shape index (κ2) is 2.22. The Bertz CT molecular complexity index is 218. The molecule has 1 heterocycles. The van der Waals surface area contributed by atoms with Crippen LogP contribution in [0.5, 0.6) is 0 Å². The predicted octanol–water partition coefficient (Wildman–Crippen LogP) is 1.56. The summed E-state index contributed by atoms with van der Waals surface area (Å²) in [4.78, 5) is 10.8. The normalized spacial score (nSPS) is 38.1. The lowest BCUT2D eigenvalue weighted by Gasteiger charge is -2.19. The molecule has 0 amide bonds. The number of hydrogen-bond donors (Lipinski definition) is 1. The summed E-state index contributed by atoms with van der Waals surface area (Å²) in [7, 11) is 0. The zero-order valence-electron chi connectivity index (χ0n) is 7.30. The van der Waals surface area contributed by atoms with Gasteiger partial charge in [-0.15, -0.1) is 0 Å². The van der Waals surface area contributed by atoms with Crippen LogP contribution in [-0.2, 0) is 9.53 Å². The van der Waals surface area contributed by atoms with Crippen molar-refractivity contribution in [2.24, 2.45) is 0 Å². The third kappa shape index (κ3) is 0.829. The molecule has 3 nitrogen and oxygen atoms in total. The van der Waals surface area contributed by atoms with E-state index in [-0.39, 0.29) is 5.60 Å². The van der Waals surface area contributed by atoms with Gasteiger partial charge >= 0.3 is 5.97 Å². The molecule has 68 valence electrons. The van der Waals surface area contributed by atoms with E-state index < -0.39 is 11.6 Å². The summed E-state index contributed by atoms with van der Waals surface area (Å²) in [6.45, 7) is 1.70. The monoisotopic (exact) mass is 170 g/mol. The third-order valence-electron chi connectivity index (χ3n) is 3.30. The maximum Gasteiger partial charge on any atom is 0.338 e. The summed E-state index contributed by atoms with van der Waals surface area (Å²) in [6, 6.07) is 0. The van der Waals surface area contributed by atoms with Crippen LogP contribution in [0.1, 0.15) is 39.0 Å². The van der Waals surface area contributed by atoms with Gasteiger partial charge in [-0.3, -0.25) is 0 Å². The van der Waals surface area contributed by atoms with Gasteiger partial charge in [0.2, 0.25) is 0 Å². The highest BCUT2D eigenvalue weighted by atomic mass is 16.6. The Hall–Kier alpha value is -0.570. The Labute approximate surface area is 71.7 Å². The van der Waals surface area contributed by atoms with Gasteiger partial charge in [-0.2, -0.15) is 0 Å². The first kappa shape index (κ1) is 8.05. The van der Waals surface area contributed by atoms with Crippen molar-refractivity contribution in [3.05, 3.63) is 0 Å². The molecule has 1 aliphatic carbocycles. The van der Waals surface area contributed by atoms with Crippen molar-refractivity contribution in [1.29, 1.82) is 0 Å². The molecular weight excluding hydrogens is 156 g/mol. The standard InChI is InChI=1S/C9H14O3/c1-8(7(10)11)9(12-8)5-3-2-4-6-9/h2-6H2,1H3,(H,10,11)/t8-/m1/s1. The summed E-state index contributed by atoms with van der Waals surface area (Å²) in [5, 5.41) is 8.90. The molecule has 3 heteroatoms. The highest BCUT2D eigenvalue weighted by molar-refractivity contribution is 5.82. The average Bonchev–Trinajstić information content (AvgIpc) is 2.59. The van der Waals surface area contributed by atoms with Crippen LogP contribution >= 0.6 is 0 Å². The maximum absolute atomic E-state index is 10.8. The quantitative estimate of drug-likeness (QED) is 0.607. The van der Waals surface area contributed by atoms with Crippen LogP contribution in [0.4, 0.5) is 0 Å². The van der Waals surface area contributed by atoms with E-state index in [9.17, 15) is 4.79 Å². The van der Waals surface area contributed by atoms with Crippen LogP contribution in [0.25, 0.3) is 0 Å². The summed E-state index contributed by atoms with van der Waals surface area (Å²) in [5.74, 6) is -0.801. The van der Waals surface area contributed by atoms with Gasteiger partial charge in [0.15, 0.2) is 5.60 Å². The molecule has 0 unspecified atom stereocenters. The van der Waals surface area contributed by atoms with Gasteiger partial charge < -0.3 is 9.84 Å². The molecule has 0 aromatic rings. The van der Waals surface area contributed by atoms with Crippen molar-refractivity contribution < 1.29 is 14.6 Å². The smallest absolute Gasteiger partial charge is 0.338 e. The molecule has 1 spiro atoms. The number of ether oxygens (including phenoxy) is 1. The van der Waals surface area contributed by atoms with Crippen LogP contribution in [0.2, 0.25) is 0 Å². The number of carbonyl (C=O) groups is 1. The Balaban J connectivity index is 2.12. The van der Waals surface area contributed by atoms with Gasteiger partial charge in [-0.05, 0) is 19.8 Å². The van der Waals surface area contributed by atoms with E-state index in [0.717, 1.165) is 25.7 Å². The third-order valence-corrected chi connectivity index (χ3v) is 3.30. The second-order valence-corrected chi connectivity index (χ2v) is 4.00.